The van der Waals surface area contributed by atoms with E-state index in [1.54, 1.807) is 24.0 Å². The lowest BCUT2D eigenvalue weighted by Gasteiger charge is -2.25. The summed E-state index contributed by atoms with van der Waals surface area (Å²) in [6.45, 7) is 2.11. The zero-order chi connectivity index (χ0) is 16.8. The fourth-order valence-corrected chi connectivity index (χ4v) is 2.54. The number of ketones is 1. The topological polar surface area (TPSA) is 63.7 Å². The minimum Gasteiger partial charge on any atom is -0.469 e. The van der Waals surface area contributed by atoms with Gasteiger partial charge in [-0.2, -0.15) is 0 Å². The summed E-state index contributed by atoms with van der Waals surface area (Å²) in [7, 11) is 1.35. The van der Waals surface area contributed by atoms with Crippen LogP contribution in [-0.2, 0) is 14.3 Å². The van der Waals surface area contributed by atoms with E-state index in [2.05, 4.69) is 0 Å². The van der Waals surface area contributed by atoms with Crippen LogP contribution in [0.5, 0.6) is 0 Å². The molecule has 0 heterocycles. The summed E-state index contributed by atoms with van der Waals surface area (Å²) in [6, 6.07) is 9.19. The molecule has 0 bridgehead atoms. The van der Waals surface area contributed by atoms with E-state index in [4.69, 9.17) is 4.74 Å². The van der Waals surface area contributed by atoms with E-state index < -0.39 is 0 Å². The van der Waals surface area contributed by atoms with Crippen LogP contribution in [0.25, 0.3) is 0 Å². The van der Waals surface area contributed by atoms with E-state index in [-0.39, 0.29) is 42.5 Å². The van der Waals surface area contributed by atoms with Crippen molar-refractivity contribution in [1.82, 2.24) is 4.90 Å². The molecule has 0 aliphatic heterocycles. The number of rotatable bonds is 8. The average molecular weight is 317 g/mol. The van der Waals surface area contributed by atoms with Crippen molar-refractivity contribution >= 4 is 17.7 Å². The molecule has 1 amide bonds. The maximum atomic E-state index is 12.4. The third-order valence-electron chi connectivity index (χ3n) is 4.04. The minimum absolute atomic E-state index is 0.0317. The molecular formula is C18H23NO4. The van der Waals surface area contributed by atoms with E-state index in [9.17, 15) is 14.4 Å². The van der Waals surface area contributed by atoms with Gasteiger partial charge in [-0.25, -0.2) is 0 Å². The molecule has 0 radical (unpaired) electrons. The molecule has 5 nitrogen and oxygen atoms in total. The summed E-state index contributed by atoms with van der Waals surface area (Å²) >= 11 is 0. The number of ether oxygens (including phenoxy) is 1. The normalized spacial score (nSPS) is 14.9. The Bertz CT molecular complexity index is 566. The van der Waals surface area contributed by atoms with Crippen LogP contribution in [0.2, 0.25) is 0 Å². The predicted octanol–water partition coefficient (Wildman–Crippen LogP) is 2.45. The second kappa shape index (κ2) is 7.90. The number of amides is 1. The number of esters is 1. The molecule has 5 heteroatoms. The van der Waals surface area contributed by atoms with Gasteiger partial charge in [0, 0.05) is 31.0 Å². The third-order valence-corrected chi connectivity index (χ3v) is 4.04. The molecule has 1 aliphatic carbocycles. The van der Waals surface area contributed by atoms with Gasteiger partial charge < -0.3 is 9.64 Å². The lowest BCUT2D eigenvalue weighted by Crippen LogP contribution is -2.39. The number of hydrogen-bond acceptors (Lipinski definition) is 4. The molecule has 0 N–H and O–H groups in total. The third kappa shape index (κ3) is 4.91. The summed E-state index contributed by atoms with van der Waals surface area (Å²) in [5.74, 6) is -0.763. The van der Waals surface area contributed by atoms with Gasteiger partial charge in [0.1, 0.15) is 0 Å². The average Bonchev–Trinajstić information content (AvgIpc) is 3.41. The fourth-order valence-electron chi connectivity index (χ4n) is 2.54. The summed E-state index contributed by atoms with van der Waals surface area (Å²) in [5, 5.41) is 0. The van der Waals surface area contributed by atoms with Crippen molar-refractivity contribution in [1.29, 1.82) is 0 Å². The Morgan fingerprint density at radius 1 is 1.17 bits per heavy atom. The Labute approximate surface area is 136 Å². The van der Waals surface area contributed by atoms with Crippen molar-refractivity contribution in [3.8, 4) is 0 Å². The molecule has 1 aromatic carbocycles. The Hall–Kier alpha value is -2.17. The van der Waals surface area contributed by atoms with E-state index >= 15 is 0 Å². The molecule has 1 saturated carbocycles. The van der Waals surface area contributed by atoms with Crippen LogP contribution in [0.15, 0.2) is 30.3 Å². The molecule has 1 atom stereocenters. The van der Waals surface area contributed by atoms with Gasteiger partial charge in [-0.15, -0.1) is 0 Å². The molecule has 2 rings (SSSR count). The number of methoxy groups -OCH3 is 1. The first-order chi connectivity index (χ1) is 11.0. The van der Waals surface area contributed by atoms with Crippen molar-refractivity contribution in [2.45, 2.75) is 38.6 Å². The Morgan fingerprint density at radius 2 is 1.83 bits per heavy atom. The van der Waals surface area contributed by atoms with E-state index in [1.165, 1.54) is 7.11 Å². The minimum atomic E-state index is -0.352. The highest BCUT2D eigenvalue weighted by molar-refractivity contribution is 5.98. The van der Waals surface area contributed by atoms with Crippen molar-refractivity contribution in [2.24, 2.45) is 5.92 Å². The van der Waals surface area contributed by atoms with E-state index in [0.29, 0.717) is 12.1 Å². The molecule has 0 spiro atoms. The zero-order valence-corrected chi connectivity index (χ0v) is 13.7. The lowest BCUT2D eigenvalue weighted by molar-refractivity contribution is -0.146. The number of carbonyl (C=O) groups excluding carboxylic acids is 3. The van der Waals surface area contributed by atoms with Crippen LogP contribution in [0.1, 0.15) is 43.0 Å². The van der Waals surface area contributed by atoms with Gasteiger partial charge in [0.05, 0.1) is 13.0 Å². The molecule has 1 aliphatic rings. The van der Waals surface area contributed by atoms with Crippen molar-refractivity contribution in [3.05, 3.63) is 35.9 Å². The largest absolute Gasteiger partial charge is 0.469 e. The van der Waals surface area contributed by atoms with Gasteiger partial charge in [0.15, 0.2) is 5.78 Å². The molecule has 124 valence electrons. The number of benzene rings is 1. The van der Waals surface area contributed by atoms with Crippen LogP contribution >= 0.6 is 0 Å². The highest BCUT2D eigenvalue weighted by Crippen LogP contribution is 2.28. The number of carbonyl (C=O) groups is 3. The molecule has 0 aromatic heterocycles. The van der Waals surface area contributed by atoms with Crippen molar-refractivity contribution in [2.75, 3.05) is 13.7 Å². The predicted molar refractivity (Wildman–Crippen MR) is 85.9 cm³/mol. The number of Topliss-reactive ketones (excluding diaryl/α,β-unsaturated/α-hetero) is 1. The molecule has 1 fully saturated rings. The number of hydrogen-bond donors (Lipinski definition) is 0. The highest BCUT2D eigenvalue weighted by atomic mass is 16.5. The molecule has 23 heavy (non-hydrogen) atoms. The smallest absolute Gasteiger partial charge is 0.310 e. The van der Waals surface area contributed by atoms with Gasteiger partial charge in [-0.05, 0) is 12.8 Å². The van der Waals surface area contributed by atoms with E-state index in [1.807, 2.05) is 18.2 Å². The molecule has 1 unspecified atom stereocenters. The number of nitrogens with zero attached hydrogens (tertiary/aromatic N) is 1. The van der Waals surface area contributed by atoms with Crippen LogP contribution < -0.4 is 0 Å². The fraction of sp³-hybridized carbons (Fsp3) is 0.500. The molecular weight excluding hydrogens is 294 g/mol. The van der Waals surface area contributed by atoms with Crippen molar-refractivity contribution < 1.29 is 19.1 Å². The molecule has 0 saturated heterocycles. The standard InChI is InChI=1S/C18H23NO4/c1-13(18(22)23-2)12-19(15-8-9-15)17(21)11-10-16(20)14-6-4-3-5-7-14/h3-7,13,15H,8-12H2,1-2H3. The second-order valence-electron chi connectivity index (χ2n) is 5.99. The van der Waals surface area contributed by atoms with Gasteiger partial charge in [-0.1, -0.05) is 37.3 Å². The second-order valence-corrected chi connectivity index (χ2v) is 5.99. The lowest BCUT2D eigenvalue weighted by atomic mass is 10.1. The highest BCUT2D eigenvalue weighted by Gasteiger charge is 2.34. The van der Waals surface area contributed by atoms with E-state index in [0.717, 1.165) is 12.8 Å². The summed E-state index contributed by atoms with van der Waals surface area (Å²) in [4.78, 5) is 37.8. The first kappa shape index (κ1) is 17.2. The van der Waals surface area contributed by atoms with Gasteiger partial charge in [-0.3, -0.25) is 14.4 Å². The van der Waals surface area contributed by atoms with Crippen LogP contribution in [0.4, 0.5) is 0 Å². The maximum Gasteiger partial charge on any atom is 0.310 e. The first-order valence-electron chi connectivity index (χ1n) is 7.98. The Kier molecular flexibility index (Phi) is 5.90. The van der Waals surface area contributed by atoms with Crippen LogP contribution in [0.3, 0.4) is 0 Å². The van der Waals surface area contributed by atoms with Crippen LogP contribution in [-0.4, -0.2) is 42.3 Å². The SMILES string of the molecule is COC(=O)C(C)CN(C(=O)CCC(=O)c1ccccc1)C1CC1. The Morgan fingerprint density at radius 3 is 2.39 bits per heavy atom. The van der Waals surface area contributed by atoms with Crippen LogP contribution in [0, 0.1) is 5.92 Å². The maximum absolute atomic E-state index is 12.4. The van der Waals surface area contributed by atoms with Gasteiger partial charge >= 0.3 is 5.97 Å². The summed E-state index contributed by atoms with van der Waals surface area (Å²) in [5.41, 5.74) is 0.626. The summed E-state index contributed by atoms with van der Waals surface area (Å²) < 4.78 is 4.72. The van der Waals surface area contributed by atoms with Gasteiger partial charge in [0.2, 0.25) is 5.91 Å². The zero-order valence-electron chi connectivity index (χ0n) is 13.7. The molecule has 1 aromatic rings. The van der Waals surface area contributed by atoms with Gasteiger partial charge in [0.25, 0.3) is 0 Å². The summed E-state index contributed by atoms with van der Waals surface area (Å²) in [6.07, 6.45) is 2.30. The quantitative estimate of drug-likeness (QED) is 0.546. The monoisotopic (exact) mass is 317 g/mol. The first-order valence-corrected chi connectivity index (χ1v) is 7.98. The Balaban J connectivity index is 1.89. The van der Waals surface area contributed by atoms with Crippen molar-refractivity contribution in [3.63, 3.8) is 0 Å².